The van der Waals surface area contributed by atoms with Crippen molar-refractivity contribution in [3.63, 3.8) is 0 Å². The average Bonchev–Trinajstić information content (AvgIpc) is 2.45. The lowest BCUT2D eigenvalue weighted by molar-refractivity contribution is 0.102. The third kappa shape index (κ3) is 3.90. The molecule has 0 spiro atoms. The van der Waals surface area contributed by atoms with Crippen molar-refractivity contribution >= 4 is 50.7 Å². The second-order valence-electron chi connectivity index (χ2n) is 4.13. The average molecular weight is 389 g/mol. The molecule has 0 heterocycles. The van der Waals surface area contributed by atoms with Crippen molar-refractivity contribution in [3.8, 4) is 5.75 Å². The van der Waals surface area contributed by atoms with Crippen LogP contribution >= 0.6 is 39.1 Å². The Morgan fingerprint density at radius 3 is 2.48 bits per heavy atom. The Bertz CT molecular complexity index is 656. The molecule has 0 atom stereocenters. The molecule has 1 amide bonds. The summed E-state index contributed by atoms with van der Waals surface area (Å²) in [6.07, 6.45) is 0. The Balaban J connectivity index is 2.23. The lowest BCUT2D eigenvalue weighted by atomic mass is 10.2. The van der Waals surface area contributed by atoms with Gasteiger partial charge < -0.3 is 10.1 Å². The summed E-state index contributed by atoms with van der Waals surface area (Å²) in [6, 6.07) is 10.1. The quantitative estimate of drug-likeness (QED) is 0.760. The van der Waals surface area contributed by atoms with Crippen LogP contribution in [0, 0.1) is 0 Å². The molecule has 0 aliphatic heterocycles. The largest absolute Gasteiger partial charge is 0.493 e. The Morgan fingerprint density at radius 1 is 1.24 bits per heavy atom. The number of carbonyl (C=O) groups excluding carboxylic acids is 1. The van der Waals surface area contributed by atoms with Gasteiger partial charge in [0.05, 0.1) is 26.8 Å². The molecule has 0 saturated carbocycles. The van der Waals surface area contributed by atoms with Gasteiger partial charge in [-0.3, -0.25) is 4.79 Å². The monoisotopic (exact) mass is 387 g/mol. The lowest BCUT2D eigenvalue weighted by Crippen LogP contribution is -2.12. The van der Waals surface area contributed by atoms with Crippen LogP contribution in [0.3, 0.4) is 0 Å². The molecule has 21 heavy (non-hydrogen) atoms. The topological polar surface area (TPSA) is 38.3 Å². The first kappa shape index (κ1) is 16.1. The Labute approximate surface area is 141 Å². The van der Waals surface area contributed by atoms with Gasteiger partial charge in [-0.05, 0) is 53.2 Å². The molecule has 0 aliphatic carbocycles. The normalized spacial score (nSPS) is 10.3. The number of hydrogen-bond acceptors (Lipinski definition) is 2. The number of rotatable bonds is 4. The van der Waals surface area contributed by atoms with E-state index in [4.69, 9.17) is 27.9 Å². The Kier molecular flexibility index (Phi) is 5.51. The molecule has 0 aromatic heterocycles. The van der Waals surface area contributed by atoms with Gasteiger partial charge in [0.2, 0.25) is 0 Å². The van der Waals surface area contributed by atoms with Crippen LogP contribution in [0.1, 0.15) is 17.3 Å². The van der Waals surface area contributed by atoms with E-state index in [0.717, 1.165) is 0 Å². The van der Waals surface area contributed by atoms with Crippen LogP contribution in [0.4, 0.5) is 5.69 Å². The number of benzene rings is 2. The molecular weight excluding hydrogens is 377 g/mol. The lowest BCUT2D eigenvalue weighted by Gasteiger charge is -2.11. The van der Waals surface area contributed by atoms with Gasteiger partial charge >= 0.3 is 0 Å². The fourth-order valence-corrected chi connectivity index (χ4v) is 2.70. The van der Waals surface area contributed by atoms with E-state index in [0.29, 0.717) is 38.1 Å². The molecule has 2 aromatic rings. The molecule has 2 aromatic carbocycles. The first-order chi connectivity index (χ1) is 10.0. The van der Waals surface area contributed by atoms with Gasteiger partial charge in [0.25, 0.3) is 5.91 Å². The maximum atomic E-state index is 12.2. The minimum absolute atomic E-state index is 0.297. The number of amides is 1. The molecule has 0 bridgehead atoms. The molecule has 0 aliphatic rings. The number of halogens is 3. The zero-order valence-electron chi connectivity index (χ0n) is 11.1. The van der Waals surface area contributed by atoms with Crippen LogP contribution in [0.15, 0.2) is 40.9 Å². The van der Waals surface area contributed by atoms with E-state index < -0.39 is 0 Å². The summed E-state index contributed by atoms with van der Waals surface area (Å²) in [7, 11) is 0. The molecule has 3 nitrogen and oxygen atoms in total. The minimum Gasteiger partial charge on any atom is -0.493 e. The van der Waals surface area contributed by atoms with Gasteiger partial charge in [-0.15, -0.1) is 0 Å². The van der Waals surface area contributed by atoms with E-state index >= 15 is 0 Å². The van der Waals surface area contributed by atoms with Gasteiger partial charge in [0.1, 0.15) is 5.75 Å². The van der Waals surface area contributed by atoms with Crippen molar-refractivity contribution < 1.29 is 9.53 Å². The number of hydrogen-bond donors (Lipinski definition) is 1. The molecule has 110 valence electrons. The third-order valence-corrected chi connectivity index (χ3v) is 3.94. The number of para-hydroxylation sites is 1. The summed E-state index contributed by atoms with van der Waals surface area (Å²) < 4.78 is 6.12. The predicted molar refractivity (Wildman–Crippen MR) is 89.7 cm³/mol. The second-order valence-corrected chi connectivity index (χ2v) is 5.80. The summed E-state index contributed by atoms with van der Waals surface area (Å²) in [5.41, 5.74) is 0.872. The zero-order valence-corrected chi connectivity index (χ0v) is 14.2. The van der Waals surface area contributed by atoms with E-state index in [-0.39, 0.29) is 5.91 Å². The molecule has 6 heteroatoms. The zero-order chi connectivity index (χ0) is 15.4. The summed E-state index contributed by atoms with van der Waals surface area (Å²) in [6.45, 7) is 2.45. The van der Waals surface area contributed by atoms with E-state index in [9.17, 15) is 4.79 Å². The first-order valence-corrected chi connectivity index (χ1v) is 7.75. The first-order valence-electron chi connectivity index (χ1n) is 6.20. The van der Waals surface area contributed by atoms with Crippen molar-refractivity contribution in [2.24, 2.45) is 0 Å². The molecule has 2 rings (SSSR count). The van der Waals surface area contributed by atoms with Gasteiger partial charge in [-0.2, -0.15) is 0 Å². The highest BCUT2D eigenvalue weighted by atomic mass is 79.9. The van der Waals surface area contributed by atoms with Gasteiger partial charge in [-0.25, -0.2) is 0 Å². The van der Waals surface area contributed by atoms with Crippen LogP contribution in [0.2, 0.25) is 10.0 Å². The fraction of sp³-hybridized carbons (Fsp3) is 0.133. The predicted octanol–water partition coefficient (Wildman–Crippen LogP) is 5.41. The van der Waals surface area contributed by atoms with Crippen molar-refractivity contribution in [1.82, 2.24) is 0 Å². The summed E-state index contributed by atoms with van der Waals surface area (Å²) in [5.74, 6) is 0.388. The van der Waals surface area contributed by atoms with Crippen molar-refractivity contribution in [3.05, 3.63) is 56.5 Å². The van der Waals surface area contributed by atoms with Crippen LogP contribution in [-0.2, 0) is 0 Å². The fourth-order valence-electron chi connectivity index (χ4n) is 1.72. The maximum Gasteiger partial charge on any atom is 0.255 e. The summed E-state index contributed by atoms with van der Waals surface area (Å²) in [4.78, 5) is 12.2. The van der Waals surface area contributed by atoms with Gasteiger partial charge in [0, 0.05) is 5.56 Å². The molecule has 1 N–H and O–H groups in total. The molecular formula is C15H12BrCl2NO2. The van der Waals surface area contributed by atoms with Crippen molar-refractivity contribution in [2.75, 3.05) is 11.9 Å². The van der Waals surface area contributed by atoms with E-state index in [1.165, 1.54) is 0 Å². The SMILES string of the molecule is CCOc1ccc(C(=O)Nc2c(Cl)cccc2Cl)cc1Br. The molecule has 0 saturated heterocycles. The number of ether oxygens (including phenoxy) is 1. The highest BCUT2D eigenvalue weighted by Gasteiger charge is 2.13. The second kappa shape index (κ2) is 7.16. The number of carbonyl (C=O) groups is 1. The maximum absolute atomic E-state index is 12.2. The number of anilines is 1. The van der Waals surface area contributed by atoms with E-state index in [2.05, 4.69) is 21.2 Å². The van der Waals surface area contributed by atoms with Crippen LogP contribution in [0.5, 0.6) is 5.75 Å². The van der Waals surface area contributed by atoms with E-state index in [1.54, 1.807) is 36.4 Å². The molecule has 0 radical (unpaired) electrons. The van der Waals surface area contributed by atoms with Crippen LogP contribution < -0.4 is 10.1 Å². The van der Waals surface area contributed by atoms with Crippen molar-refractivity contribution in [2.45, 2.75) is 6.92 Å². The minimum atomic E-state index is -0.297. The number of nitrogens with one attached hydrogen (secondary N) is 1. The van der Waals surface area contributed by atoms with E-state index in [1.807, 2.05) is 6.92 Å². The Hall–Kier alpha value is -1.23. The standard InChI is InChI=1S/C15H12BrCl2NO2/c1-2-21-13-7-6-9(8-10(13)16)15(20)19-14-11(17)4-3-5-12(14)18/h3-8H,2H2,1H3,(H,19,20). The Morgan fingerprint density at radius 2 is 1.90 bits per heavy atom. The van der Waals surface area contributed by atoms with Crippen LogP contribution in [-0.4, -0.2) is 12.5 Å². The highest BCUT2D eigenvalue weighted by Crippen LogP contribution is 2.31. The van der Waals surface area contributed by atoms with Gasteiger partial charge in [-0.1, -0.05) is 29.3 Å². The third-order valence-electron chi connectivity index (χ3n) is 2.70. The summed E-state index contributed by atoms with van der Waals surface area (Å²) in [5, 5.41) is 3.49. The van der Waals surface area contributed by atoms with Crippen LogP contribution in [0.25, 0.3) is 0 Å². The summed E-state index contributed by atoms with van der Waals surface area (Å²) >= 11 is 15.4. The molecule has 0 fully saturated rings. The van der Waals surface area contributed by atoms with Crippen molar-refractivity contribution in [1.29, 1.82) is 0 Å². The highest BCUT2D eigenvalue weighted by molar-refractivity contribution is 9.10. The van der Waals surface area contributed by atoms with Gasteiger partial charge in [0.15, 0.2) is 0 Å². The molecule has 0 unspecified atom stereocenters. The smallest absolute Gasteiger partial charge is 0.255 e.